The van der Waals surface area contributed by atoms with Crippen LogP contribution in [0.2, 0.25) is 0 Å². The van der Waals surface area contributed by atoms with Crippen molar-refractivity contribution in [3.63, 3.8) is 0 Å². The number of hydrogen-bond donors (Lipinski definition) is 0. The van der Waals surface area contributed by atoms with E-state index in [0.29, 0.717) is 30.5 Å². The van der Waals surface area contributed by atoms with Crippen molar-refractivity contribution in [2.45, 2.75) is 39.2 Å². The quantitative estimate of drug-likeness (QED) is 0.716. The van der Waals surface area contributed by atoms with Crippen LogP contribution >= 0.6 is 0 Å². The van der Waals surface area contributed by atoms with E-state index in [4.69, 9.17) is 4.74 Å². The van der Waals surface area contributed by atoms with E-state index in [0.717, 1.165) is 70.6 Å². The molecule has 0 N–H and O–H groups in total. The van der Waals surface area contributed by atoms with Crippen molar-refractivity contribution in [2.75, 3.05) is 52.9 Å². The molecule has 5 nitrogen and oxygen atoms in total. The lowest BCUT2D eigenvalue weighted by molar-refractivity contribution is -0.133. The fourth-order valence-electron chi connectivity index (χ4n) is 4.26. The van der Waals surface area contributed by atoms with Gasteiger partial charge in [0.05, 0.1) is 7.11 Å². The molecule has 0 saturated carbocycles. The van der Waals surface area contributed by atoms with Gasteiger partial charge >= 0.3 is 0 Å². The number of nitrogens with zero attached hydrogens (tertiary/aromatic N) is 3. The van der Waals surface area contributed by atoms with Crippen molar-refractivity contribution in [3.05, 3.63) is 29.6 Å². The highest BCUT2D eigenvalue weighted by molar-refractivity contribution is 5.76. The third kappa shape index (κ3) is 5.67. The van der Waals surface area contributed by atoms with Crippen LogP contribution in [0, 0.1) is 11.7 Å². The number of likely N-dealkylation sites (N-methyl/N-ethyl adjacent to an activating group) is 1. The summed E-state index contributed by atoms with van der Waals surface area (Å²) in [5.74, 6) is 1.28. The molecule has 1 aromatic carbocycles. The Morgan fingerprint density at radius 3 is 2.43 bits per heavy atom. The van der Waals surface area contributed by atoms with Crippen molar-refractivity contribution in [3.8, 4) is 5.75 Å². The number of piperazine rings is 1. The SMILES string of the molecule is CCN1CCN(C(=O)CCC2CCN(Cc3ccc(OC)cc3F)CC2)CC1. The fourth-order valence-corrected chi connectivity index (χ4v) is 4.26. The second-order valence-corrected chi connectivity index (χ2v) is 8.03. The zero-order valence-corrected chi connectivity index (χ0v) is 17.3. The Bertz CT molecular complexity index is 639. The van der Waals surface area contributed by atoms with Crippen molar-refractivity contribution in [1.29, 1.82) is 0 Å². The molecule has 156 valence electrons. The first-order chi connectivity index (χ1) is 13.6. The highest BCUT2D eigenvalue weighted by Crippen LogP contribution is 2.25. The van der Waals surface area contributed by atoms with Gasteiger partial charge in [-0.25, -0.2) is 4.39 Å². The normalized spacial score (nSPS) is 19.8. The molecule has 0 unspecified atom stereocenters. The number of amides is 1. The van der Waals surface area contributed by atoms with Gasteiger partial charge in [-0.15, -0.1) is 0 Å². The molecule has 2 fully saturated rings. The first kappa shape index (κ1) is 21.1. The van der Waals surface area contributed by atoms with Crippen LogP contribution in [0.1, 0.15) is 38.2 Å². The Labute approximate surface area is 168 Å². The Kier molecular flexibility index (Phi) is 7.68. The Morgan fingerprint density at radius 1 is 1.11 bits per heavy atom. The molecule has 0 aliphatic carbocycles. The lowest BCUT2D eigenvalue weighted by atomic mass is 9.91. The third-order valence-corrected chi connectivity index (χ3v) is 6.30. The average Bonchev–Trinajstić information content (AvgIpc) is 2.74. The van der Waals surface area contributed by atoms with Gasteiger partial charge in [-0.2, -0.15) is 0 Å². The molecule has 2 saturated heterocycles. The molecule has 6 heteroatoms. The van der Waals surface area contributed by atoms with Crippen LogP contribution in [0.15, 0.2) is 18.2 Å². The summed E-state index contributed by atoms with van der Waals surface area (Å²) in [5, 5.41) is 0. The standard InChI is InChI=1S/C22H34FN3O2/c1-3-24-12-14-26(15-13-24)22(27)7-4-18-8-10-25(11-9-18)17-19-5-6-20(28-2)16-21(19)23/h5-6,16,18H,3-4,7-15,17H2,1-2H3. The second kappa shape index (κ2) is 10.2. The molecule has 0 atom stereocenters. The number of benzene rings is 1. The molecule has 1 amide bonds. The molecule has 0 bridgehead atoms. The lowest BCUT2D eigenvalue weighted by Crippen LogP contribution is -2.48. The molecule has 0 aromatic heterocycles. The maximum atomic E-state index is 14.2. The van der Waals surface area contributed by atoms with E-state index in [9.17, 15) is 9.18 Å². The number of rotatable bonds is 7. The van der Waals surface area contributed by atoms with E-state index in [2.05, 4.69) is 16.7 Å². The molecular formula is C22H34FN3O2. The number of hydrogen-bond acceptors (Lipinski definition) is 4. The van der Waals surface area contributed by atoms with Crippen molar-refractivity contribution in [2.24, 2.45) is 5.92 Å². The van der Waals surface area contributed by atoms with Crippen LogP contribution < -0.4 is 4.74 Å². The van der Waals surface area contributed by atoms with Gasteiger partial charge < -0.3 is 14.5 Å². The highest BCUT2D eigenvalue weighted by Gasteiger charge is 2.24. The van der Waals surface area contributed by atoms with Gasteiger partial charge in [0, 0.05) is 50.8 Å². The van der Waals surface area contributed by atoms with Gasteiger partial charge in [0.15, 0.2) is 0 Å². The Morgan fingerprint density at radius 2 is 1.82 bits per heavy atom. The Balaban J connectivity index is 1.37. The topological polar surface area (TPSA) is 36.0 Å². The van der Waals surface area contributed by atoms with Gasteiger partial charge in [-0.05, 0) is 50.9 Å². The second-order valence-electron chi connectivity index (χ2n) is 8.03. The summed E-state index contributed by atoms with van der Waals surface area (Å²) >= 11 is 0. The number of piperidine rings is 1. The van der Waals surface area contributed by atoms with E-state index in [1.165, 1.54) is 6.07 Å². The van der Waals surface area contributed by atoms with Crippen LogP contribution in [0.4, 0.5) is 4.39 Å². The minimum absolute atomic E-state index is 0.199. The van der Waals surface area contributed by atoms with E-state index in [1.54, 1.807) is 7.11 Å². The largest absolute Gasteiger partial charge is 0.497 e. The predicted molar refractivity (Wildman–Crippen MR) is 109 cm³/mol. The van der Waals surface area contributed by atoms with E-state index < -0.39 is 0 Å². The van der Waals surface area contributed by atoms with Gasteiger partial charge in [-0.1, -0.05) is 13.0 Å². The predicted octanol–water partition coefficient (Wildman–Crippen LogP) is 2.99. The minimum atomic E-state index is -0.199. The first-order valence-electron chi connectivity index (χ1n) is 10.6. The highest BCUT2D eigenvalue weighted by atomic mass is 19.1. The average molecular weight is 392 g/mol. The molecule has 2 aliphatic heterocycles. The van der Waals surface area contributed by atoms with E-state index >= 15 is 0 Å². The maximum Gasteiger partial charge on any atom is 0.222 e. The van der Waals surface area contributed by atoms with Gasteiger partial charge in [0.25, 0.3) is 0 Å². The summed E-state index contributed by atoms with van der Waals surface area (Å²) in [6.07, 6.45) is 3.84. The number of likely N-dealkylation sites (tertiary alicyclic amines) is 1. The number of carbonyl (C=O) groups is 1. The van der Waals surface area contributed by atoms with Crippen molar-refractivity contribution >= 4 is 5.91 Å². The summed E-state index contributed by atoms with van der Waals surface area (Å²) in [6.45, 7) is 9.58. The van der Waals surface area contributed by atoms with Crippen molar-refractivity contribution < 1.29 is 13.9 Å². The maximum absolute atomic E-state index is 14.2. The summed E-state index contributed by atoms with van der Waals surface area (Å²) in [5.41, 5.74) is 0.723. The molecule has 2 aliphatic rings. The molecule has 28 heavy (non-hydrogen) atoms. The molecule has 3 rings (SSSR count). The molecular weight excluding hydrogens is 357 g/mol. The fraction of sp³-hybridized carbons (Fsp3) is 0.682. The first-order valence-corrected chi connectivity index (χ1v) is 10.6. The number of methoxy groups -OCH3 is 1. The Hall–Kier alpha value is -1.66. The van der Waals surface area contributed by atoms with Gasteiger partial charge in [-0.3, -0.25) is 9.69 Å². The van der Waals surface area contributed by atoms with Crippen LogP contribution in [0.3, 0.4) is 0 Å². The zero-order valence-electron chi connectivity index (χ0n) is 17.3. The third-order valence-electron chi connectivity index (χ3n) is 6.30. The molecule has 0 radical (unpaired) electrons. The number of ether oxygens (including phenoxy) is 1. The van der Waals surface area contributed by atoms with Crippen LogP contribution in [0.25, 0.3) is 0 Å². The summed E-state index contributed by atoms with van der Waals surface area (Å²) < 4.78 is 19.2. The number of carbonyl (C=O) groups excluding carboxylic acids is 1. The van der Waals surface area contributed by atoms with Gasteiger partial charge in [0.2, 0.25) is 5.91 Å². The molecule has 2 heterocycles. The molecule has 1 aromatic rings. The van der Waals surface area contributed by atoms with E-state index in [-0.39, 0.29) is 5.82 Å². The number of halogens is 1. The molecule has 0 spiro atoms. The monoisotopic (exact) mass is 391 g/mol. The van der Waals surface area contributed by atoms with Crippen LogP contribution in [0.5, 0.6) is 5.75 Å². The summed E-state index contributed by atoms with van der Waals surface area (Å²) in [6, 6.07) is 5.09. The zero-order chi connectivity index (χ0) is 19.9. The summed E-state index contributed by atoms with van der Waals surface area (Å²) in [4.78, 5) is 19.2. The van der Waals surface area contributed by atoms with Crippen molar-refractivity contribution in [1.82, 2.24) is 14.7 Å². The van der Waals surface area contributed by atoms with Crippen LogP contribution in [-0.2, 0) is 11.3 Å². The van der Waals surface area contributed by atoms with Gasteiger partial charge in [0.1, 0.15) is 11.6 Å². The summed E-state index contributed by atoms with van der Waals surface area (Å²) in [7, 11) is 1.55. The lowest BCUT2D eigenvalue weighted by Gasteiger charge is -2.35. The minimum Gasteiger partial charge on any atom is -0.497 e. The smallest absolute Gasteiger partial charge is 0.222 e. The van der Waals surface area contributed by atoms with E-state index in [1.807, 2.05) is 17.0 Å². The van der Waals surface area contributed by atoms with Crippen LogP contribution in [-0.4, -0.2) is 73.5 Å².